The van der Waals surface area contributed by atoms with E-state index in [2.05, 4.69) is 290 Å². The summed E-state index contributed by atoms with van der Waals surface area (Å²) >= 11 is 0. The Morgan fingerprint density at radius 2 is 0.507 bits per heavy atom. The molecule has 1 aliphatic heterocycles. The van der Waals surface area contributed by atoms with Crippen LogP contribution in [-0.4, -0.2) is 40.6 Å². The molecule has 9 aromatic carbocycles. The third-order valence-electron chi connectivity index (χ3n) is 14.5. The summed E-state index contributed by atoms with van der Waals surface area (Å²) in [7, 11) is -1.97. The van der Waals surface area contributed by atoms with Crippen LogP contribution in [0, 0.1) is 11.8 Å². The third-order valence-corrected chi connectivity index (χ3v) is 26.8. The maximum Gasteiger partial charge on any atom is 0.0234 e. The molecular formula is C66H61NP4. The summed E-state index contributed by atoms with van der Waals surface area (Å²) < 4.78 is 0. The van der Waals surface area contributed by atoms with Gasteiger partial charge in [0.1, 0.15) is 0 Å². The molecule has 2 bridgehead atoms. The Morgan fingerprint density at radius 1 is 0.282 bits per heavy atom. The SMILES string of the molecule is C1=CC2CC1C(P(c1ccccc1)c1ccccc1)C2P(c1ccccc1)c1ccccc1.c1ccc(CN2CC(P(c3ccccc3)c3ccccc3)C(P(c3ccccc3)c3ccccc3)C2)cc1. The van der Waals surface area contributed by atoms with E-state index >= 15 is 0 Å². The van der Waals surface area contributed by atoms with Crippen LogP contribution in [0.3, 0.4) is 0 Å². The van der Waals surface area contributed by atoms with Gasteiger partial charge in [0.15, 0.2) is 0 Å². The summed E-state index contributed by atoms with van der Waals surface area (Å²) in [5.41, 5.74) is 3.84. The van der Waals surface area contributed by atoms with Gasteiger partial charge in [-0.2, -0.15) is 0 Å². The number of hydrogen-bond acceptors (Lipinski definition) is 1. The van der Waals surface area contributed by atoms with E-state index in [1.807, 2.05) is 0 Å². The van der Waals surface area contributed by atoms with Gasteiger partial charge in [-0.05, 0) is 97.9 Å². The second kappa shape index (κ2) is 23.3. The molecule has 2 aliphatic carbocycles. The first-order chi connectivity index (χ1) is 35.3. The lowest BCUT2D eigenvalue weighted by molar-refractivity contribution is 0.333. The number of likely N-dealkylation sites (tertiary alicyclic amines) is 1. The van der Waals surface area contributed by atoms with E-state index in [9.17, 15) is 0 Å². The molecule has 1 saturated carbocycles. The first-order valence-electron chi connectivity index (χ1n) is 25.3. The van der Waals surface area contributed by atoms with Crippen molar-refractivity contribution in [1.29, 1.82) is 0 Å². The topological polar surface area (TPSA) is 3.24 Å². The van der Waals surface area contributed by atoms with E-state index in [4.69, 9.17) is 0 Å². The molecular weight excluding hydrogens is 931 g/mol. The monoisotopic (exact) mass is 991 g/mol. The van der Waals surface area contributed by atoms with Crippen LogP contribution in [0.25, 0.3) is 0 Å². The smallest absolute Gasteiger partial charge is 0.0234 e. The molecule has 9 aromatic rings. The van der Waals surface area contributed by atoms with Crippen LogP contribution in [0.4, 0.5) is 0 Å². The maximum absolute atomic E-state index is 2.73. The van der Waals surface area contributed by atoms with Crippen molar-refractivity contribution in [2.24, 2.45) is 11.8 Å². The van der Waals surface area contributed by atoms with Crippen molar-refractivity contribution in [3.8, 4) is 0 Å². The highest BCUT2D eigenvalue weighted by molar-refractivity contribution is 7.78. The molecule has 2 fully saturated rings. The van der Waals surface area contributed by atoms with Gasteiger partial charge < -0.3 is 0 Å². The molecule has 12 rings (SSSR count). The Kier molecular flexibility index (Phi) is 15.7. The summed E-state index contributed by atoms with van der Waals surface area (Å²) in [6, 6.07) is 102. The van der Waals surface area contributed by atoms with Gasteiger partial charge in [0.2, 0.25) is 0 Å². The maximum atomic E-state index is 2.73. The quantitative estimate of drug-likeness (QED) is 0.0775. The molecule has 350 valence electrons. The molecule has 0 radical (unpaired) electrons. The summed E-state index contributed by atoms with van der Waals surface area (Å²) in [5.74, 6) is 1.34. The summed E-state index contributed by atoms with van der Waals surface area (Å²) in [6.07, 6.45) is 6.42. The zero-order chi connectivity index (χ0) is 47.6. The second-order valence-corrected chi connectivity index (χ2v) is 28.5. The molecule has 1 heterocycles. The lowest BCUT2D eigenvalue weighted by Gasteiger charge is -2.40. The zero-order valence-electron chi connectivity index (χ0n) is 40.2. The lowest BCUT2D eigenvalue weighted by Crippen LogP contribution is -2.37. The average molecular weight is 992 g/mol. The first kappa shape index (κ1) is 47.7. The van der Waals surface area contributed by atoms with Crippen LogP contribution >= 0.6 is 31.7 Å². The first-order valence-corrected chi connectivity index (χ1v) is 30.9. The molecule has 6 unspecified atom stereocenters. The van der Waals surface area contributed by atoms with Crippen molar-refractivity contribution in [1.82, 2.24) is 4.90 Å². The number of allylic oxidation sites excluding steroid dienone is 2. The Bertz CT molecular complexity index is 2680. The molecule has 1 nitrogen and oxygen atoms in total. The molecule has 0 amide bonds. The zero-order valence-corrected chi connectivity index (χ0v) is 43.7. The molecule has 5 heteroatoms. The van der Waals surface area contributed by atoms with Crippen LogP contribution in [0.15, 0.2) is 285 Å². The number of benzene rings is 9. The normalized spacial score (nSPS) is 20.4. The molecule has 3 aliphatic rings. The van der Waals surface area contributed by atoms with Crippen molar-refractivity contribution < 1.29 is 0 Å². The van der Waals surface area contributed by atoms with Crippen LogP contribution in [0.2, 0.25) is 0 Å². The van der Waals surface area contributed by atoms with Crippen molar-refractivity contribution in [3.63, 3.8) is 0 Å². The van der Waals surface area contributed by atoms with E-state index in [1.54, 1.807) is 0 Å². The standard InChI is InChI=1S/C35H33NP2.C31H28P2/c1-6-16-29(17-7-1)26-36-27-34(37(30-18-8-2-9-19-30)31-20-10-3-11-21-31)35(28-36)38(32-22-12-4-13-23-32)33-24-14-5-15-25-33;1-5-13-26(14-6-1)32(27-15-7-2-8-16-27)30-24-21-22-25(23-24)31(30)33(28-17-9-3-10-18-28)29-19-11-4-12-20-29/h1-25,34-35H,26-28H2;1-22,24-25,30-31H,23H2. The van der Waals surface area contributed by atoms with Crippen molar-refractivity contribution in [2.45, 2.75) is 35.6 Å². The van der Waals surface area contributed by atoms with Gasteiger partial charge in [0.25, 0.3) is 0 Å². The number of nitrogens with zero attached hydrogens (tertiary/aromatic N) is 1. The second-order valence-electron chi connectivity index (χ2n) is 18.9. The Hall–Kier alpha value is -5.60. The van der Waals surface area contributed by atoms with Gasteiger partial charge in [-0.3, -0.25) is 4.90 Å². The molecule has 1 saturated heterocycles. The summed E-state index contributed by atoms with van der Waals surface area (Å²) in [5, 5.41) is 12.0. The summed E-state index contributed by atoms with van der Waals surface area (Å²) in [4.78, 5) is 2.73. The largest absolute Gasteiger partial charge is 0.298 e. The van der Waals surface area contributed by atoms with Gasteiger partial charge in [-0.15, -0.1) is 0 Å². The lowest BCUT2D eigenvalue weighted by atomic mass is 10.1. The highest BCUT2D eigenvalue weighted by Gasteiger charge is 2.52. The van der Waals surface area contributed by atoms with Crippen molar-refractivity contribution in [3.05, 3.63) is 291 Å². The number of rotatable bonds is 14. The molecule has 0 N–H and O–H groups in total. The molecule has 0 spiro atoms. The number of hydrogen-bond donors (Lipinski definition) is 0. The Morgan fingerprint density at radius 3 is 0.761 bits per heavy atom. The van der Waals surface area contributed by atoms with Crippen LogP contribution in [0.1, 0.15) is 12.0 Å². The van der Waals surface area contributed by atoms with Gasteiger partial charge in [0, 0.05) is 42.3 Å². The molecule has 6 atom stereocenters. The van der Waals surface area contributed by atoms with Crippen LogP contribution in [-0.2, 0) is 6.54 Å². The van der Waals surface area contributed by atoms with E-state index in [0.29, 0.717) is 34.5 Å². The highest BCUT2D eigenvalue weighted by Crippen LogP contribution is 2.64. The van der Waals surface area contributed by atoms with Gasteiger partial charge in [-0.25, -0.2) is 0 Å². The van der Waals surface area contributed by atoms with Gasteiger partial charge >= 0.3 is 0 Å². The third kappa shape index (κ3) is 10.9. The average Bonchev–Trinajstić information content (AvgIpc) is 4.18. The fraction of sp³-hybridized carbons (Fsp3) is 0.152. The van der Waals surface area contributed by atoms with Crippen molar-refractivity contribution in [2.75, 3.05) is 13.1 Å². The minimum atomic E-state index is -0.531. The van der Waals surface area contributed by atoms with Gasteiger partial charge in [-0.1, -0.05) is 285 Å². The fourth-order valence-electron chi connectivity index (χ4n) is 11.5. The predicted octanol–water partition coefficient (Wildman–Crippen LogP) is 12.7. The van der Waals surface area contributed by atoms with E-state index in [-0.39, 0.29) is 0 Å². The highest BCUT2D eigenvalue weighted by atomic mass is 31.1. The predicted molar refractivity (Wildman–Crippen MR) is 314 cm³/mol. The molecule has 0 aromatic heterocycles. The van der Waals surface area contributed by atoms with Crippen LogP contribution in [0.5, 0.6) is 0 Å². The van der Waals surface area contributed by atoms with Crippen LogP contribution < -0.4 is 42.4 Å². The van der Waals surface area contributed by atoms with E-state index in [0.717, 1.165) is 19.6 Å². The van der Waals surface area contributed by atoms with E-state index in [1.165, 1.54) is 54.4 Å². The Balaban J connectivity index is 0.000000155. The minimum absolute atomic E-state index is 0.454. The summed E-state index contributed by atoms with van der Waals surface area (Å²) in [6.45, 7) is 3.24. The van der Waals surface area contributed by atoms with E-state index < -0.39 is 31.7 Å². The van der Waals surface area contributed by atoms with Crippen molar-refractivity contribution >= 4 is 74.1 Å². The molecule has 71 heavy (non-hydrogen) atoms. The minimum Gasteiger partial charge on any atom is -0.298 e. The fourth-order valence-corrected chi connectivity index (χ4v) is 25.1. The number of fused-ring (bicyclic) bond motifs is 2. The Labute approximate surface area is 427 Å². The van der Waals surface area contributed by atoms with Gasteiger partial charge in [0.05, 0.1) is 0 Å².